The first-order chi connectivity index (χ1) is 9.52. The van der Waals surface area contributed by atoms with Crippen LogP contribution >= 0.6 is 0 Å². The topological polar surface area (TPSA) is 45.2 Å². The fourth-order valence-electron chi connectivity index (χ4n) is 1.94. The summed E-state index contributed by atoms with van der Waals surface area (Å²) in [7, 11) is 3.30. The minimum Gasteiger partial charge on any atom is -0.372 e. The summed E-state index contributed by atoms with van der Waals surface area (Å²) >= 11 is 0. The van der Waals surface area contributed by atoms with E-state index in [2.05, 4.69) is 10.3 Å². The number of carbonyl (C=O) groups excluding carboxylic acids is 1. The standard InChI is InChI=1S/C15H16FN3O/c1-10-5-4-6-12(7-10)19(3)15(20)13-8-11(16)9-18-14(13)17-2/h4-9H,1-3H3,(H,17,18). The molecule has 2 aromatic rings. The molecule has 0 saturated carbocycles. The average Bonchev–Trinajstić information content (AvgIpc) is 2.45. The van der Waals surface area contributed by atoms with Gasteiger partial charge in [0.25, 0.3) is 5.91 Å². The highest BCUT2D eigenvalue weighted by Gasteiger charge is 2.18. The zero-order chi connectivity index (χ0) is 14.7. The van der Waals surface area contributed by atoms with Gasteiger partial charge in [0, 0.05) is 19.8 Å². The van der Waals surface area contributed by atoms with Crippen molar-refractivity contribution in [2.45, 2.75) is 6.92 Å². The Balaban J connectivity index is 2.38. The van der Waals surface area contributed by atoms with Gasteiger partial charge in [0.2, 0.25) is 0 Å². The van der Waals surface area contributed by atoms with E-state index in [-0.39, 0.29) is 11.5 Å². The highest BCUT2D eigenvalue weighted by atomic mass is 19.1. The molecular weight excluding hydrogens is 257 g/mol. The van der Waals surface area contributed by atoms with Crippen LogP contribution in [-0.4, -0.2) is 25.0 Å². The van der Waals surface area contributed by atoms with Gasteiger partial charge in [0.1, 0.15) is 11.6 Å². The van der Waals surface area contributed by atoms with E-state index in [1.54, 1.807) is 14.1 Å². The highest BCUT2D eigenvalue weighted by molar-refractivity contribution is 6.08. The number of rotatable bonds is 3. The Kier molecular flexibility index (Phi) is 3.98. The maximum atomic E-state index is 13.3. The first kappa shape index (κ1) is 14.0. The molecule has 1 aromatic carbocycles. The Labute approximate surface area is 117 Å². The summed E-state index contributed by atoms with van der Waals surface area (Å²) in [6.07, 6.45) is 1.08. The molecule has 0 saturated heterocycles. The second-order valence-electron chi connectivity index (χ2n) is 4.50. The normalized spacial score (nSPS) is 10.2. The monoisotopic (exact) mass is 273 g/mol. The lowest BCUT2D eigenvalue weighted by Crippen LogP contribution is -2.27. The summed E-state index contributed by atoms with van der Waals surface area (Å²) in [5.74, 6) is -0.493. The summed E-state index contributed by atoms with van der Waals surface area (Å²) in [6.45, 7) is 1.95. The van der Waals surface area contributed by atoms with Crippen molar-refractivity contribution in [3.05, 3.63) is 53.5 Å². The first-order valence-electron chi connectivity index (χ1n) is 6.21. The fraction of sp³-hybridized carbons (Fsp3) is 0.200. The Hall–Kier alpha value is -2.43. The third-order valence-corrected chi connectivity index (χ3v) is 3.02. The lowest BCUT2D eigenvalue weighted by Gasteiger charge is -2.19. The van der Waals surface area contributed by atoms with Crippen LogP contribution in [0.1, 0.15) is 15.9 Å². The predicted molar refractivity (Wildman–Crippen MR) is 77.7 cm³/mol. The molecule has 0 aliphatic rings. The zero-order valence-electron chi connectivity index (χ0n) is 11.6. The second kappa shape index (κ2) is 5.69. The van der Waals surface area contributed by atoms with E-state index in [0.717, 1.165) is 17.4 Å². The number of carbonyl (C=O) groups is 1. The van der Waals surface area contributed by atoms with Crippen LogP contribution in [-0.2, 0) is 0 Å². The number of amides is 1. The molecule has 0 unspecified atom stereocenters. The maximum absolute atomic E-state index is 13.3. The van der Waals surface area contributed by atoms with Gasteiger partial charge in [-0.05, 0) is 30.7 Å². The van der Waals surface area contributed by atoms with E-state index >= 15 is 0 Å². The number of halogens is 1. The molecule has 0 spiro atoms. The highest BCUT2D eigenvalue weighted by Crippen LogP contribution is 2.20. The number of nitrogens with zero attached hydrogens (tertiary/aromatic N) is 2. The van der Waals surface area contributed by atoms with Gasteiger partial charge in [-0.25, -0.2) is 9.37 Å². The van der Waals surface area contributed by atoms with Crippen molar-refractivity contribution in [3.63, 3.8) is 0 Å². The van der Waals surface area contributed by atoms with Crippen molar-refractivity contribution in [1.29, 1.82) is 0 Å². The fourth-order valence-corrected chi connectivity index (χ4v) is 1.94. The van der Waals surface area contributed by atoms with Crippen molar-refractivity contribution in [2.75, 3.05) is 24.3 Å². The van der Waals surface area contributed by atoms with Crippen molar-refractivity contribution in [2.24, 2.45) is 0 Å². The van der Waals surface area contributed by atoms with Crippen LogP contribution in [0.3, 0.4) is 0 Å². The third-order valence-electron chi connectivity index (χ3n) is 3.02. The molecule has 0 fully saturated rings. The molecule has 1 N–H and O–H groups in total. The van der Waals surface area contributed by atoms with E-state index < -0.39 is 5.82 Å². The Morgan fingerprint density at radius 1 is 1.35 bits per heavy atom. The Morgan fingerprint density at radius 2 is 2.10 bits per heavy atom. The number of benzene rings is 1. The van der Waals surface area contributed by atoms with Crippen LogP contribution in [0.15, 0.2) is 36.5 Å². The summed E-state index contributed by atoms with van der Waals surface area (Å²) in [4.78, 5) is 17.8. The van der Waals surface area contributed by atoms with Crippen LogP contribution < -0.4 is 10.2 Å². The van der Waals surface area contributed by atoms with Crippen molar-refractivity contribution in [3.8, 4) is 0 Å². The molecule has 0 radical (unpaired) electrons. The van der Waals surface area contributed by atoms with Gasteiger partial charge in [0.05, 0.1) is 11.8 Å². The predicted octanol–water partition coefficient (Wildman–Crippen LogP) is 2.85. The first-order valence-corrected chi connectivity index (χ1v) is 6.21. The summed E-state index contributed by atoms with van der Waals surface area (Å²) in [5, 5.41) is 2.80. The smallest absolute Gasteiger partial charge is 0.261 e. The number of aryl methyl sites for hydroxylation is 1. The van der Waals surface area contributed by atoms with E-state index in [4.69, 9.17) is 0 Å². The second-order valence-corrected chi connectivity index (χ2v) is 4.50. The van der Waals surface area contributed by atoms with E-state index in [1.165, 1.54) is 11.0 Å². The molecule has 2 rings (SSSR count). The van der Waals surface area contributed by atoms with Gasteiger partial charge in [-0.15, -0.1) is 0 Å². The molecular formula is C15H16FN3O. The van der Waals surface area contributed by atoms with E-state index in [0.29, 0.717) is 5.82 Å². The molecule has 4 nitrogen and oxygen atoms in total. The van der Waals surface area contributed by atoms with Crippen LogP contribution in [0, 0.1) is 12.7 Å². The molecule has 1 amide bonds. The SMILES string of the molecule is CNc1ncc(F)cc1C(=O)N(C)c1cccc(C)c1. The summed E-state index contributed by atoms with van der Waals surface area (Å²) < 4.78 is 13.3. The van der Waals surface area contributed by atoms with Gasteiger partial charge in [-0.1, -0.05) is 12.1 Å². The summed E-state index contributed by atoms with van der Waals surface area (Å²) in [5.41, 5.74) is 2.01. The van der Waals surface area contributed by atoms with E-state index in [1.807, 2.05) is 31.2 Å². The van der Waals surface area contributed by atoms with Crippen molar-refractivity contribution < 1.29 is 9.18 Å². The third kappa shape index (κ3) is 2.77. The van der Waals surface area contributed by atoms with Crippen LogP contribution in [0.4, 0.5) is 15.9 Å². The molecule has 5 heteroatoms. The number of aromatic nitrogens is 1. The Morgan fingerprint density at radius 3 is 2.75 bits per heavy atom. The van der Waals surface area contributed by atoms with Crippen molar-refractivity contribution >= 4 is 17.4 Å². The molecule has 20 heavy (non-hydrogen) atoms. The zero-order valence-corrected chi connectivity index (χ0v) is 11.6. The van der Waals surface area contributed by atoms with Crippen LogP contribution in [0.25, 0.3) is 0 Å². The van der Waals surface area contributed by atoms with Gasteiger partial charge in [-0.2, -0.15) is 0 Å². The molecule has 1 heterocycles. The lowest BCUT2D eigenvalue weighted by atomic mass is 10.1. The molecule has 0 bridgehead atoms. The van der Waals surface area contributed by atoms with Crippen LogP contribution in [0.5, 0.6) is 0 Å². The van der Waals surface area contributed by atoms with Gasteiger partial charge >= 0.3 is 0 Å². The molecule has 1 aromatic heterocycles. The number of anilines is 2. The average molecular weight is 273 g/mol. The summed E-state index contributed by atoms with van der Waals surface area (Å²) in [6, 6.07) is 8.73. The minimum absolute atomic E-state index is 0.205. The van der Waals surface area contributed by atoms with Gasteiger partial charge in [0.15, 0.2) is 0 Å². The van der Waals surface area contributed by atoms with Crippen molar-refractivity contribution in [1.82, 2.24) is 4.98 Å². The minimum atomic E-state index is -0.537. The Bertz CT molecular complexity index is 643. The number of hydrogen-bond donors (Lipinski definition) is 1. The maximum Gasteiger partial charge on any atom is 0.261 e. The molecule has 104 valence electrons. The largest absolute Gasteiger partial charge is 0.372 e. The number of pyridine rings is 1. The molecule has 0 aliphatic heterocycles. The number of nitrogens with one attached hydrogen (secondary N) is 1. The quantitative estimate of drug-likeness (QED) is 0.935. The van der Waals surface area contributed by atoms with Crippen LogP contribution in [0.2, 0.25) is 0 Å². The number of hydrogen-bond acceptors (Lipinski definition) is 3. The molecule has 0 atom stereocenters. The lowest BCUT2D eigenvalue weighted by molar-refractivity contribution is 0.0993. The van der Waals surface area contributed by atoms with Gasteiger partial charge < -0.3 is 10.2 Å². The van der Waals surface area contributed by atoms with E-state index in [9.17, 15) is 9.18 Å². The molecule has 0 aliphatic carbocycles. The van der Waals surface area contributed by atoms with Gasteiger partial charge in [-0.3, -0.25) is 4.79 Å².